The summed E-state index contributed by atoms with van der Waals surface area (Å²) in [5, 5.41) is 3.32. The highest BCUT2D eigenvalue weighted by molar-refractivity contribution is 7.89. The van der Waals surface area contributed by atoms with Crippen molar-refractivity contribution >= 4 is 10.0 Å². The summed E-state index contributed by atoms with van der Waals surface area (Å²) in [5.41, 5.74) is 0. The lowest BCUT2D eigenvalue weighted by molar-refractivity contribution is 0.332. The number of sulfonamides is 1. The molecule has 2 saturated carbocycles. The zero-order valence-electron chi connectivity index (χ0n) is 12.3. The zero-order chi connectivity index (χ0) is 14.0. The monoisotopic (exact) mass is 300 g/mol. The Bertz CT molecular complexity index is 418. The van der Waals surface area contributed by atoms with Crippen molar-refractivity contribution in [2.75, 3.05) is 25.4 Å². The Morgan fingerprint density at radius 2 is 1.85 bits per heavy atom. The molecule has 2 N–H and O–H groups in total. The van der Waals surface area contributed by atoms with Crippen LogP contribution in [0, 0.1) is 23.7 Å². The maximum absolute atomic E-state index is 12.1. The van der Waals surface area contributed by atoms with Gasteiger partial charge in [-0.1, -0.05) is 6.42 Å². The fourth-order valence-electron chi connectivity index (χ4n) is 4.42. The Labute approximate surface area is 123 Å². The van der Waals surface area contributed by atoms with Crippen LogP contribution in [0.3, 0.4) is 0 Å². The van der Waals surface area contributed by atoms with E-state index in [4.69, 9.17) is 0 Å². The van der Waals surface area contributed by atoms with Crippen molar-refractivity contribution in [3.8, 4) is 0 Å². The SMILES string of the molecule is O=S(=O)(CCC1CCNCC1)NCC1CC2CCC1C2. The lowest BCUT2D eigenvalue weighted by Gasteiger charge is -2.24. The van der Waals surface area contributed by atoms with E-state index in [0.29, 0.717) is 24.1 Å². The van der Waals surface area contributed by atoms with Crippen molar-refractivity contribution in [2.24, 2.45) is 23.7 Å². The lowest BCUT2D eigenvalue weighted by Crippen LogP contribution is -2.34. The molecule has 0 radical (unpaired) electrons. The Kier molecular flexibility index (Phi) is 4.68. The van der Waals surface area contributed by atoms with E-state index >= 15 is 0 Å². The Balaban J connectivity index is 1.39. The van der Waals surface area contributed by atoms with Crippen molar-refractivity contribution in [3.05, 3.63) is 0 Å². The minimum atomic E-state index is -3.06. The van der Waals surface area contributed by atoms with Crippen LogP contribution < -0.4 is 10.0 Å². The van der Waals surface area contributed by atoms with E-state index in [1.807, 2.05) is 0 Å². The fraction of sp³-hybridized carbons (Fsp3) is 1.00. The molecular formula is C15H28N2O2S. The molecule has 0 amide bonds. The van der Waals surface area contributed by atoms with E-state index in [9.17, 15) is 8.42 Å². The van der Waals surface area contributed by atoms with E-state index < -0.39 is 10.0 Å². The summed E-state index contributed by atoms with van der Waals surface area (Å²) in [4.78, 5) is 0. The molecule has 4 nitrogen and oxygen atoms in total. The smallest absolute Gasteiger partial charge is 0.211 e. The minimum absolute atomic E-state index is 0.318. The maximum Gasteiger partial charge on any atom is 0.211 e. The van der Waals surface area contributed by atoms with E-state index in [-0.39, 0.29) is 0 Å². The van der Waals surface area contributed by atoms with Crippen molar-refractivity contribution in [2.45, 2.75) is 44.9 Å². The summed E-state index contributed by atoms with van der Waals surface area (Å²) in [7, 11) is -3.06. The van der Waals surface area contributed by atoms with E-state index in [2.05, 4.69) is 10.0 Å². The average molecular weight is 300 g/mol. The maximum atomic E-state index is 12.1. The quantitative estimate of drug-likeness (QED) is 0.785. The summed E-state index contributed by atoms with van der Waals surface area (Å²) in [6.07, 6.45) is 8.39. The van der Waals surface area contributed by atoms with E-state index in [0.717, 1.165) is 44.2 Å². The van der Waals surface area contributed by atoms with Crippen LogP contribution in [-0.2, 0) is 10.0 Å². The minimum Gasteiger partial charge on any atom is -0.317 e. The highest BCUT2D eigenvalue weighted by Crippen LogP contribution is 2.47. The van der Waals surface area contributed by atoms with Crippen LogP contribution in [0.2, 0.25) is 0 Å². The molecule has 0 aromatic rings. The first-order chi connectivity index (χ1) is 9.62. The molecule has 3 unspecified atom stereocenters. The third-order valence-electron chi connectivity index (χ3n) is 5.70. The van der Waals surface area contributed by atoms with Gasteiger partial charge in [0.05, 0.1) is 5.75 Å². The number of piperidine rings is 1. The van der Waals surface area contributed by atoms with Gasteiger partial charge in [-0.3, -0.25) is 0 Å². The summed E-state index contributed by atoms with van der Waals surface area (Å²) < 4.78 is 27.1. The molecular weight excluding hydrogens is 272 g/mol. The van der Waals surface area contributed by atoms with Crippen LogP contribution in [0.5, 0.6) is 0 Å². The van der Waals surface area contributed by atoms with Crippen molar-refractivity contribution in [1.82, 2.24) is 10.0 Å². The van der Waals surface area contributed by atoms with Crippen molar-refractivity contribution in [1.29, 1.82) is 0 Å². The molecule has 2 aliphatic carbocycles. The molecule has 3 fully saturated rings. The van der Waals surface area contributed by atoms with Crippen molar-refractivity contribution < 1.29 is 8.42 Å². The molecule has 0 aromatic heterocycles. The summed E-state index contributed by atoms with van der Waals surface area (Å²) >= 11 is 0. The lowest BCUT2D eigenvalue weighted by atomic mass is 9.89. The largest absolute Gasteiger partial charge is 0.317 e. The zero-order valence-corrected chi connectivity index (χ0v) is 13.1. The number of hydrogen-bond acceptors (Lipinski definition) is 3. The topological polar surface area (TPSA) is 58.2 Å². The van der Waals surface area contributed by atoms with Crippen LogP contribution in [0.1, 0.15) is 44.9 Å². The van der Waals surface area contributed by atoms with Gasteiger partial charge < -0.3 is 5.32 Å². The van der Waals surface area contributed by atoms with Crippen LogP contribution in [-0.4, -0.2) is 33.8 Å². The van der Waals surface area contributed by atoms with Gasteiger partial charge in [-0.25, -0.2) is 13.1 Å². The number of fused-ring (bicyclic) bond motifs is 2. The van der Waals surface area contributed by atoms with Crippen molar-refractivity contribution in [3.63, 3.8) is 0 Å². The molecule has 1 aliphatic heterocycles. The van der Waals surface area contributed by atoms with Crippen LogP contribution >= 0.6 is 0 Å². The van der Waals surface area contributed by atoms with Crippen LogP contribution in [0.4, 0.5) is 0 Å². The molecule has 116 valence electrons. The van der Waals surface area contributed by atoms with Gasteiger partial charge in [0.15, 0.2) is 0 Å². The van der Waals surface area contributed by atoms with Gasteiger partial charge in [0.25, 0.3) is 0 Å². The Hall–Kier alpha value is -0.130. The first-order valence-electron chi connectivity index (χ1n) is 8.30. The first kappa shape index (κ1) is 14.8. The van der Waals surface area contributed by atoms with Crippen LogP contribution in [0.15, 0.2) is 0 Å². The van der Waals surface area contributed by atoms with Crippen LogP contribution in [0.25, 0.3) is 0 Å². The van der Waals surface area contributed by atoms with Gasteiger partial charge in [0, 0.05) is 6.54 Å². The second kappa shape index (κ2) is 6.32. The second-order valence-corrected chi connectivity index (χ2v) is 9.01. The molecule has 0 spiro atoms. The Morgan fingerprint density at radius 3 is 2.50 bits per heavy atom. The van der Waals surface area contributed by atoms with Gasteiger partial charge in [0.1, 0.15) is 0 Å². The predicted octanol–water partition coefficient (Wildman–Crippen LogP) is 1.73. The average Bonchev–Trinajstić information content (AvgIpc) is 3.07. The molecule has 3 aliphatic rings. The number of rotatable bonds is 6. The Morgan fingerprint density at radius 1 is 1.05 bits per heavy atom. The fourth-order valence-corrected chi connectivity index (χ4v) is 5.68. The van der Waals surface area contributed by atoms with Gasteiger partial charge >= 0.3 is 0 Å². The highest BCUT2D eigenvalue weighted by Gasteiger charge is 2.39. The number of hydrogen-bond donors (Lipinski definition) is 2. The van der Waals surface area contributed by atoms with E-state index in [1.165, 1.54) is 25.7 Å². The molecule has 3 atom stereocenters. The molecule has 5 heteroatoms. The summed E-state index contributed by atoms with van der Waals surface area (Å²) in [5.74, 6) is 3.22. The van der Waals surface area contributed by atoms with Gasteiger partial charge in [-0.15, -0.1) is 0 Å². The normalized spacial score (nSPS) is 34.7. The van der Waals surface area contributed by atoms with Gasteiger partial charge in [-0.2, -0.15) is 0 Å². The molecule has 20 heavy (non-hydrogen) atoms. The standard InChI is InChI=1S/C15H28N2O2S/c18-20(19,8-5-12-3-6-16-7-4-12)17-11-15-10-13-1-2-14(15)9-13/h12-17H,1-11H2. The molecule has 0 aromatic carbocycles. The van der Waals surface area contributed by atoms with Gasteiger partial charge in [-0.05, 0) is 75.3 Å². The van der Waals surface area contributed by atoms with E-state index in [1.54, 1.807) is 0 Å². The first-order valence-corrected chi connectivity index (χ1v) is 9.95. The summed E-state index contributed by atoms with van der Waals surface area (Å²) in [6, 6.07) is 0. The molecule has 1 heterocycles. The third kappa shape index (κ3) is 3.74. The second-order valence-electron chi connectivity index (χ2n) is 7.08. The predicted molar refractivity (Wildman–Crippen MR) is 80.9 cm³/mol. The highest BCUT2D eigenvalue weighted by atomic mass is 32.2. The molecule has 3 rings (SSSR count). The number of nitrogens with one attached hydrogen (secondary N) is 2. The molecule has 2 bridgehead atoms. The summed E-state index contributed by atoms with van der Waals surface area (Å²) in [6.45, 7) is 2.78. The van der Waals surface area contributed by atoms with Gasteiger partial charge in [0.2, 0.25) is 10.0 Å². The third-order valence-corrected chi connectivity index (χ3v) is 7.08. The molecule has 1 saturated heterocycles.